The zero-order valence-corrected chi connectivity index (χ0v) is 17.9. The molecular formula is C26H35N3. The number of nitrogens with zero attached hydrogens (tertiary/aromatic N) is 3. The molecule has 5 rings (SSSR count). The average molecular weight is 390 g/mol. The summed E-state index contributed by atoms with van der Waals surface area (Å²) in [6, 6.07) is 18.7. The van der Waals surface area contributed by atoms with Crippen molar-refractivity contribution in [3.63, 3.8) is 0 Å². The normalized spacial score (nSPS) is 23.2. The summed E-state index contributed by atoms with van der Waals surface area (Å²) >= 11 is 0. The van der Waals surface area contributed by atoms with Gasteiger partial charge < -0.3 is 4.90 Å². The highest BCUT2D eigenvalue weighted by Gasteiger charge is 2.49. The number of piperidine rings is 1. The van der Waals surface area contributed by atoms with E-state index in [9.17, 15) is 0 Å². The number of piperazine rings is 1. The van der Waals surface area contributed by atoms with Crippen molar-refractivity contribution < 1.29 is 0 Å². The van der Waals surface area contributed by atoms with Crippen LogP contribution in [-0.2, 0) is 12.1 Å². The second-order valence-corrected chi connectivity index (χ2v) is 9.44. The van der Waals surface area contributed by atoms with Crippen molar-refractivity contribution in [2.75, 3.05) is 46.3 Å². The molecule has 2 aromatic carbocycles. The van der Waals surface area contributed by atoms with E-state index < -0.39 is 0 Å². The minimum Gasteiger partial charge on any atom is -0.304 e. The third-order valence-corrected chi connectivity index (χ3v) is 7.37. The molecule has 0 atom stereocenters. The van der Waals surface area contributed by atoms with Crippen LogP contribution in [-0.4, -0.2) is 61.0 Å². The van der Waals surface area contributed by atoms with E-state index in [1.165, 1.54) is 93.6 Å². The number of hydrogen-bond acceptors (Lipinski definition) is 3. The van der Waals surface area contributed by atoms with E-state index in [4.69, 9.17) is 0 Å². The third-order valence-electron chi connectivity index (χ3n) is 7.37. The Morgan fingerprint density at radius 1 is 0.759 bits per heavy atom. The van der Waals surface area contributed by atoms with Crippen LogP contribution in [0.15, 0.2) is 48.5 Å². The van der Waals surface area contributed by atoms with Crippen LogP contribution in [0.4, 0.5) is 0 Å². The fourth-order valence-corrected chi connectivity index (χ4v) is 5.34. The predicted molar refractivity (Wildman–Crippen MR) is 121 cm³/mol. The maximum Gasteiger partial charge on any atom is 0.0463 e. The van der Waals surface area contributed by atoms with Gasteiger partial charge in [0, 0.05) is 38.3 Å². The van der Waals surface area contributed by atoms with Gasteiger partial charge in [-0.2, -0.15) is 0 Å². The van der Waals surface area contributed by atoms with Crippen LogP contribution in [0.1, 0.15) is 43.2 Å². The zero-order chi connectivity index (χ0) is 19.7. The van der Waals surface area contributed by atoms with Crippen molar-refractivity contribution in [1.82, 2.24) is 14.7 Å². The summed E-state index contributed by atoms with van der Waals surface area (Å²) in [6.45, 7) is 8.42. The molecule has 2 saturated heterocycles. The summed E-state index contributed by atoms with van der Waals surface area (Å²) in [6.07, 6.45) is 6.76. The third kappa shape index (κ3) is 4.14. The molecule has 0 unspecified atom stereocenters. The highest BCUT2D eigenvalue weighted by molar-refractivity contribution is 5.64. The first-order valence-corrected chi connectivity index (χ1v) is 11.6. The summed E-state index contributed by atoms with van der Waals surface area (Å²) in [5, 5.41) is 0. The molecule has 0 amide bonds. The van der Waals surface area contributed by atoms with Gasteiger partial charge in [0.25, 0.3) is 0 Å². The van der Waals surface area contributed by atoms with Crippen LogP contribution < -0.4 is 0 Å². The monoisotopic (exact) mass is 389 g/mol. The van der Waals surface area contributed by atoms with Crippen LogP contribution in [0.5, 0.6) is 0 Å². The standard InChI is InChI=1S/C26H35N3/c1-27-16-18-29(19-17-27)26(12-13-26)25-10-8-23(9-11-25)24-7-5-6-22(20-24)21-28-14-3-2-4-15-28/h5-11,20H,2-4,12-19,21H2,1H3. The molecule has 3 aliphatic rings. The molecule has 2 heterocycles. The van der Waals surface area contributed by atoms with Crippen LogP contribution in [0, 0.1) is 0 Å². The Hall–Kier alpha value is -1.68. The average Bonchev–Trinajstić information content (AvgIpc) is 3.57. The van der Waals surface area contributed by atoms with Gasteiger partial charge in [-0.25, -0.2) is 0 Å². The Kier molecular flexibility index (Phi) is 5.47. The maximum atomic E-state index is 2.74. The Morgan fingerprint density at radius 3 is 2.17 bits per heavy atom. The number of rotatable bonds is 5. The summed E-state index contributed by atoms with van der Waals surface area (Å²) in [4.78, 5) is 7.80. The molecule has 2 aromatic rings. The topological polar surface area (TPSA) is 9.72 Å². The summed E-state index contributed by atoms with van der Waals surface area (Å²) < 4.78 is 0. The molecule has 3 fully saturated rings. The molecule has 0 bridgehead atoms. The van der Waals surface area contributed by atoms with E-state index in [0.717, 1.165) is 6.54 Å². The SMILES string of the molecule is CN1CCN(C2(c3ccc(-c4cccc(CN5CCCCC5)c4)cc3)CC2)CC1. The first-order valence-electron chi connectivity index (χ1n) is 11.6. The van der Waals surface area contributed by atoms with E-state index in [1.807, 2.05) is 0 Å². The van der Waals surface area contributed by atoms with Crippen molar-refractivity contribution in [3.05, 3.63) is 59.7 Å². The summed E-state index contributed by atoms with van der Waals surface area (Å²) in [5.74, 6) is 0. The highest BCUT2D eigenvalue weighted by atomic mass is 15.3. The van der Waals surface area contributed by atoms with E-state index in [2.05, 4.69) is 70.3 Å². The predicted octanol–water partition coefficient (Wildman–Crippen LogP) is 4.58. The van der Waals surface area contributed by atoms with E-state index in [1.54, 1.807) is 0 Å². The number of likely N-dealkylation sites (N-methyl/N-ethyl adjacent to an activating group) is 1. The first kappa shape index (κ1) is 19.3. The van der Waals surface area contributed by atoms with E-state index in [0.29, 0.717) is 5.54 Å². The van der Waals surface area contributed by atoms with Gasteiger partial charge in [-0.3, -0.25) is 9.80 Å². The minimum atomic E-state index is 0.329. The molecule has 0 spiro atoms. The van der Waals surface area contributed by atoms with Crippen molar-refractivity contribution in [1.29, 1.82) is 0 Å². The largest absolute Gasteiger partial charge is 0.304 e. The minimum absolute atomic E-state index is 0.329. The highest BCUT2D eigenvalue weighted by Crippen LogP contribution is 2.51. The van der Waals surface area contributed by atoms with Crippen LogP contribution in [0.3, 0.4) is 0 Å². The fraction of sp³-hybridized carbons (Fsp3) is 0.538. The lowest BCUT2D eigenvalue weighted by atomic mass is 9.97. The number of benzene rings is 2. The molecule has 2 aliphatic heterocycles. The second-order valence-electron chi connectivity index (χ2n) is 9.44. The lowest BCUT2D eigenvalue weighted by Gasteiger charge is -2.38. The number of likely N-dealkylation sites (tertiary alicyclic amines) is 1. The lowest BCUT2D eigenvalue weighted by molar-refractivity contribution is 0.0976. The second kappa shape index (κ2) is 8.22. The summed E-state index contributed by atoms with van der Waals surface area (Å²) in [7, 11) is 2.24. The van der Waals surface area contributed by atoms with Crippen molar-refractivity contribution in [3.8, 4) is 11.1 Å². The molecule has 29 heavy (non-hydrogen) atoms. The summed E-state index contributed by atoms with van der Waals surface area (Å²) in [5.41, 5.74) is 6.01. The molecule has 0 aromatic heterocycles. The van der Waals surface area contributed by atoms with Crippen LogP contribution in [0.25, 0.3) is 11.1 Å². The fourth-order valence-electron chi connectivity index (χ4n) is 5.34. The lowest BCUT2D eigenvalue weighted by Crippen LogP contribution is -2.49. The molecule has 154 valence electrons. The molecule has 3 nitrogen and oxygen atoms in total. The van der Waals surface area contributed by atoms with Crippen LogP contribution in [0.2, 0.25) is 0 Å². The Bertz CT molecular complexity index is 810. The van der Waals surface area contributed by atoms with Gasteiger partial charge in [0.1, 0.15) is 0 Å². The van der Waals surface area contributed by atoms with Crippen molar-refractivity contribution in [2.24, 2.45) is 0 Å². The van der Waals surface area contributed by atoms with Gasteiger partial charge in [-0.15, -0.1) is 0 Å². The van der Waals surface area contributed by atoms with Gasteiger partial charge in [-0.1, -0.05) is 48.9 Å². The van der Waals surface area contributed by atoms with Gasteiger partial charge in [0.05, 0.1) is 0 Å². The molecule has 1 saturated carbocycles. The van der Waals surface area contributed by atoms with E-state index in [-0.39, 0.29) is 0 Å². The smallest absolute Gasteiger partial charge is 0.0463 e. The van der Waals surface area contributed by atoms with Gasteiger partial charge >= 0.3 is 0 Å². The Balaban J connectivity index is 1.30. The van der Waals surface area contributed by atoms with E-state index >= 15 is 0 Å². The van der Waals surface area contributed by atoms with Crippen molar-refractivity contribution in [2.45, 2.75) is 44.2 Å². The van der Waals surface area contributed by atoms with Crippen LogP contribution >= 0.6 is 0 Å². The molecular weight excluding hydrogens is 354 g/mol. The molecule has 1 aliphatic carbocycles. The van der Waals surface area contributed by atoms with Gasteiger partial charge in [0.15, 0.2) is 0 Å². The van der Waals surface area contributed by atoms with Gasteiger partial charge in [-0.05, 0) is 74.1 Å². The Labute approximate surface area is 176 Å². The molecule has 0 N–H and O–H groups in total. The Morgan fingerprint density at radius 2 is 1.48 bits per heavy atom. The van der Waals surface area contributed by atoms with Crippen molar-refractivity contribution >= 4 is 0 Å². The molecule has 3 heteroatoms. The van der Waals surface area contributed by atoms with Gasteiger partial charge in [0.2, 0.25) is 0 Å². The number of hydrogen-bond donors (Lipinski definition) is 0. The maximum absolute atomic E-state index is 2.74. The zero-order valence-electron chi connectivity index (χ0n) is 17.9. The molecule has 0 radical (unpaired) electrons. The first-order chi connectivity index (χ1) is 14.2. The quantitative estimate of drug-likeness (QED) is 0.741.